The maximum atomic E-state index is 12.5. The summed E-state index contributed by atoms with van der Waals surface area (Å²) in [7, 11) is 0. The van der Waals surface area contributed by atoms with Crippen molar-refractivity contribution in [1.82, 2.24) is 14.8 Å². The van der Waals surface area contributed by atoms with E-state index >= 15 is 0 Å². The zero-order valence-electron chi connectivity index (χ0n) is 13.5. The SMILES string of the molecule is CCN(C(=O)CCSCC=C(Cl)Cl)c1cn(-c2cccnc2)nc1Cl. The van der Waals surface area contributed by atoms with E-state index < -0.39 is 0 Å². The monoisotopic (exact) mass is 418 g/mol. The third-order valence-corrected chi connectivity index (χ3v) is 4.76. The maximum absolute atomic E-state index is 12.5. The molecule has 0 N–H and O–H groups in total. The van der Waals surface area contributed by atoms with E-state index in [0.29, 0.717) is 30.2 Å². The summed E-state index contributed by atoms with van der Waals surface area (Å²) in [5.41, 5.74) is 1.37. The molecule has 0 spiro atoms. The van der Waals surface area contributed by atoms with E-state index in [9.17, 15) is 4.79 Å². The molecular formula is C16H17Cl3N4OS. The normalized spacial score (nSPS) is 10.6. The van der Waals surface area contributed by atoms with E-state index in [1.807, 2.05) is 19.1 Å². The van der Waals surface area contributed by atoms with Gasteiger partial charge >= 0.3 is 0 Å². The van der Waals surface area contributed by atoms with Crippen LogP contribution in [-0.4, -0.2) is 38.7 Å². The number of hydrogen-bond donors (Lipinski definition) is 0. The van der Waals surface area contributed by atoms with Crippen LogP contribution in [0.1, 0.15) is 13.3 Å². The Morgan fingerprint density at radius 1 is 1.44 bits per heavy atom. The Kier molecular flexibility index (Phi) is 8.09. The predicted molar refractivity (Wildman–Crippen MR) is 106 cm³/mol. The third kappa shape index (κ3) is 5.92. The number of halogens is 3. The van der Waals surface area contributed by atoms with Gasteiger partial charge in [0.1, 0.15) is 10.2 Å². The Balaban J connectivity index is 2.03. The predicted octanol–water partition coefficient (Wildman–Crippen LogP) is 4.72. The summed E-state index contributed by atoms with van der Waals surface area (Å²) in [6, 6.07) is 3.68. The van der Waals surface area contributed by atoms with Gasteiger partial charge in [0.25, 0.3) is 0 Å². The molecule has 1 amide bonds. The number of aromatic nitrogens is 3. The first-order chi connectivity index (χ1) is 12.0. The number of rotatable bonds is 8. The lowest BCUT2D eigenvalue weighted by Crippen LogP contribution is -2.30. The van der Waals surface area contributed by atoms with Gasteiger partial charge in [-0.2, -0.15) is 16.9 Å². The maximum Gasteiger partial charge on any atom is 0.227 e. The molecular weight excluding hydrogens is 403 g/mol. The fourth-order valence-corrected chi connectivity index (χ4v) is 3.47. The van der Waals surface area contributed by atoms with Gasteiger partial charge in [-0.25, -0.2) is 4.68 Å². The summed E-state index contributed by atoms with van der Waals surface area (Å²) >= 11 is 18.9. The summed E-state index contributed by atoms with van der Waals surface area (Å²) in [6.45, 7) is 2.41. The van der Waals surface area contributed by atoms with Crippen LogP contribution >= 0.6 is 46.6 Å². The van der Waals surface area contributed by atoms with E-state index in [0.717, 1.165) is 5.69 Å². The molecule has 0 aliphatic heterocycles. The highest BCUT2D eigenvalue weighted by molar-refractivity contribution is 7.99. The smallest absolute Gasteiger partial charge is 0.227 e. The first kappa shape index (κ1) is 20.1. The molecule has 2 aromatic heterocycles. The van der Waals surface area contributed by atoms with Gasteiger partial charge in [-0.15, -0.1) is 0 Å². The second-order valence-corrected chi connectivity index (χ2v) is 7.43. The molecule has 0 atom stereocenters. The number of pyridine rings is 1. The van der Waals surface area contributed by atoms with Gasteiger partial charge in [0.05, 0.1) is 18.1 Å². The molecule has 0 aliphatic rings. The molecule has 5 nitrogen and oxygen atoms in total. The Morgan fingerprint density at radius 2 is 2.24 bits per heavy atom. The molecule has 2 heterocycles. The second kappa shape index (κ2) is 10.1. The molecule has 0 bridgehead atoms. The molecule has 0 saturated carbocycles. The summed E-state index contributed by atoms with van der Waals surface area (Å²) in [5, 5.41) is 4.55. The summed E-state index contributed by atoms with van der Waals surface area (Å²) in [6.07, 6.45) is 7.19. The molecule has 0 aliphatic carbocycles. The first-order valence-electron chi connectivity index (χ1n) is 7.57. The van der Waals surface area contributed by atoms with Crippen molar-refractivity contribution < 1.29 is 4.79 Å². The molecule has 0 aromatic carbocycles. The molecule has 2 aromatic rings. The number of nitrogens with zero attached hydrogens (tertiary/aromatic N) is 4. The average Bonchev–Trinajstić information content (AvgIpc) is 2.97. The average molecular weight is 420 g/mol. The van der Waals surface area contributed by atoms with Crippen molar-refractivity contribution in [3.05, 3.63) is 46.4 Å². The van der Waals surface area contributed by atoms with E-state index in [-0.39, 0.29) is 15.6 Å². The minimum absolute atomic E-state index is 0.0106. The molecule has 0 radical (unpaired) electrons. The van der Waals surface area contributed by atoms with Crippen LogP contribution in [0.2, 0.25) is 5.15 Å². The topological polar surface area (TPSA) is 51.0 Å². The zero-order valence-corrected chi connectivity index (χ0v) is 16.6. The summed E-state index contributed by atoms with van der Waals surface area (Å²) in [4.78, 5) is 18.2. The Morgan fingerprint density at radius 3 is 2.88 bits per heavy atom. The van der Waals surface area contributed by atoms with E-state index in [1.54, 1.807) is 46.0 Å². The highest BCUT2D eigenvalue weighted by atomic mass is 35.5. The lowest BCUT2D eigenvalue weighted by molar-refractivity contribution is -0.118. The van der Waals surface area contributed by atoms with Crippen molar-refractivity contribution in [2.24, 2.45) is 0 Å². The highest BCUT2D eigenvalue weighted by Gasteiger charge is 2.20. The van der Waals surface area contributed by atoms with E-state index in [1.165, 1.54) is 0 Å². The van der Waals surface area contributed by atoms with Crippen LogP contribution in [0.4, 0.5) is 5.69 Å². The minimum atomic E-state index is -0.0106. The molecule has 0 saturated heterocycles. The Hall–Kier alpha value is -1.21. The number of carbonyl (C=O) groups is 1. The van der Waals surface area contributed by atoms with E-state index in [4.69, 9.17) is 34.8 Å². The fourth-order valence-electron chi connectivity index (χ4n) is 2.13. The van der Waals surface area contributed by atoms with Crippen LogP contribution in [0.15, 0.2) is 41.3 Å². The van der Waals surface area contributed by atoms with Gasteiger partial charge in [-0.3, -0.25) is 9.78 Å². The number of thioether (sulfide) groups is 1. The van der Waals surface area contributed by atoms with Crippen molar-refractivity contribution in [3.63, 3.8) is 0 Å². The van der Waals surface area contributed by atoms with Crippen LogP contribution in [-0.2, 0) is 4.79 Å². The molecule has 0 fully saturated rings. The van der Waals surface area contributed by atoms with Gasteiger partial charge in [-0.05, 0) is 25.1 Å². The van der Waals surface area contributed by atoms with Crippen LogP contribution < -0.4 is 4.90 Å². The highest BCUT2D eigenvalue weighted by Crippen LogP contribution is 2.26. The van der Waals surface area contributed by atoms with Crippen LogP contribution in [0.3, 0.4) is 0 Å². The first-order valence-corrected chi connectivity index (χ1v) is 9.86. The second-order valence-electron chi connectivity index (χ2n) is 4.92. The van der Waals surface area contributed by atoms with Gasteiger partial charge in [-0.1, -0.05) is 34.8 Å². The van der Waals surface area contributed by atoms with Crippen LogP contribution in [0.25, 0.3) is 5.69 Å². The lowest BCUT2D eigenvalue weighted by Gasteiger charge is -2.19. The lowest BCUT2D eigenvalue weighted by atomic mass is 10.3. The summed E-state index contributed by atoms with van der Waals surface area (Å²) < 4.78 is 1.85. The van der Waals surface area contributed by atoms with Crippen LogP contribution in [0.5, 0.6) is 0 Å². The van der Waals surface area contributed by atoms with Crippen molar-refractivity contribution >= 4 is 58.2 Å². The standard InChI is InChI=1S/C16H17Cl3N4OS/c1-2-22(15(24)6-9-25-8-5-14(17)18)13-11-23(21-16(13)19)12-4-3-7-20-10-12/h3-5,7,10-11H,2,6,8-9H2,1H3. The van der Waals surface area contributed by atoms with Gasteiger partial charge in [0, 0.05) is 30.7 Å². The number of anilines is 1. The van der Waals surface area contributed by atoms with Crippen LogP contribution in [0, 0.1) is 0 Å². The van der Waals surface area contributed by atoms with Crippen molar-refractivity contribution in [2.75, 3.05) is 23.0 Å². The molecule has 2 rings (SSSR count). The van der Waals surface area contributed by atoms with Crippen molar-refractivity contribution in [3.8, 4) is 5.69 Å². The van der Waals surface area contributed by atoms with E-state index in [2.05, 4.69) is 10.1 Å². The largest absolute Gasteiger partial charge is 0.308 e. The molecule has 25 heavy (non-hydrogen) atoms. The van der Waals surface area contributed by atoms with Gasteiger partial charge in [0.15, 0.2) is 5.15 Å². The number of carbonyl (C=O) groups excluding carboxylic acids is 1. The zero-order chi connectivity index (χ0) is 18.2. The molecule has 9 heteroatoms. The number of hydrogen-bond acceptors (Lipinski definition) is 4. The Bertz CT molecular complexity index is 732. The van der Waals surface area contributed by atoms with Gasteiger partial charge < -0.3 is 4.90 Å². The molecule has 0 unspecified atom stereocenters. The number of amides is 1. The Labute approximate surface area is 165 Å². The van der Waals surface area contributed by atoms with Crippen molar-refractivity contribution in [2.45, 2.75) is 13.3 Å². The molecule has 134 valence electrons. The fraction of sp³-hybridized carbons (Fsp3) is 0.312. The third-order valence-electron chi connectivity index (χ3n) is 3.29. The quantitative estimate of drug-likeness (QED) is 0.581. The minimum Gasteiger partial charge on any atom is -0.308 e. The summed E-state index contributed by atoms with van der Waals surface area (Å²) in [5.74, 6) is 1.33. The van der Waals surface area contributed by atoms with Gasteiger partial charge in [0.2, 0.25) is 5.91 Å². The van der Waals surface area contributed by atoms with Crippen molar-refractivity contribution in [1.29, 1.82) is 0 Å².